The number of pyridine rings is 2. The molecule has 0 unspecified atom stereocenters. The Morgan fingerprint density at radius 3 is 1.78 bits per heavy atom. The molecule has 0 aromatic carbocycles. The van der Waals surface area contributed by atoms with Gasteiger partial charge in [0.2, 0.25) is 5.91 Å². The Hall–Kier alpha value is -6.44. The first-order valence-corrected chi connectivity index (χ1v) is 22.7. The Morgan fingerprint density at radius 1 is 0.746 bits per heavy atom. The minimum atomic E-state index is -0.730. The van der Waals surface area contributed by atoms with Crippen LogP contribution in [0.1, 0.15) is 40.1 Å². The van der Waals surface area contributed by atoms with Crippen molar-refractivity contribution in [3.63, 3.8) is 0 Å². The molecule has 0 saturated carbocycles. The maximum atomic E-state index is 13.4. The average Bonchev–Trinajstić information content (AvgIpc) is 4.16. The largest absolute Gasteiger partial charge is 0.493 e. The van der Waals surface area contributed by atoms with Crippen molar-refractivity contribution in [3.05, 3.63) is 82.6 Å². The van der Waals surface area contributed by atoms with Crippen LogP contribution in [0.4, 0.5) is 23.0 Å². The Balaban J connectivity index is 0.000000145. The van der Waals surface area contributed by atoms with Crippen molar-refractivity contribution < 1.29 is 24.2 Å². The number of aromatic nitrogens is 8. The van der Waals surface area contributed by atoms with Gasteiger partial charge in [-0.05, 0) is 87.4 Å². The lowest BCUT2D eigenvalue weighted by Gasteiger charge is -2.35. The van der Waals surface area contributed by atoms with E-state index in [9.17, 15) is 14.7 Å². The summed E-state index contributed by atoms with van der Waals surface area (Å²) in [5, 5.41) is 26.8. The van der Waals surface area contributed by atoms with E-state index in [4.69, 9.17) is 9.47 Å². The van der Waals surface area contributed by atoms with E-state index < -0.39 is 5.97 Å². The third-order valence-corrected chi connectivity index (χ3v) is 15.5. The van der Waals surface area contributed by atoms with Gasteiger partial charge in [0.25, 0.3) is 0 Å². The topological polar surface area (TPSA) is 190 Å². The molecule has 2 bridgehead atoms. The molecule has 1 amide bonds. The molecule has 12 rings (SSSR count). The van der Waals surface area contributed by atoms with Crippen LogP contribution in [0.25, 0.3) is 31.5 Å². The van der Waals surface area contributed by atoms with E-state index in [1.807, 2.05) is 36.7 Å². The van der Waals surface area contributed by atoms with Gasteiger partial charge in [0.1, 0.15) is 34.0 Å². The molecule has 2 saturated heterocycles. The number of hydrogen-bond donors (Lipinski definition) is 3. The molecule has 0 radical (unpaired) electrons. The molecule has 2 aliphatic carbocycles. The predicted molar refractivity (Wildman–Crippen MR) is 240 cm³/mol. The van der Waals surface area contributed by atoms with E-state index in [2.05, 4.69) is 57.6 Å². The molecule has 8 aromatic rings. The number of carboxylic acids is 1. The summed E-state index contributed by atoms with van der Waals surface area (Å²) in [5.41, 5.74) is 5.96. The number of piperazine rings is 1. The van der Waals surface area contributed by atoms with Crippen molar-refractivity contribution in [3.8, 4) is 11.5 Å². The maximum absolute atomic E-state index is 13.4. The molecule has 10 heterocycles. The zero-order chi connectivity index (χ0) is 42.9. The summed E-state index contributed by atoms with van der Waals surface area (Å²) in [6.07, 6.45) is 15.9. The van der Waals surface area contributed by atoms with E-state index in [0.29, 0.717) is 54.6 Å². The summed E-state index contributed by atoms with van der Waals surface area (Å²) in [4.78, 5) is 51.7. The number of likely N-dealkylation sites (N-methyl/N-ethyl adjacent to an activating group) is 1. The van der Waals surface area contributed by atoms with Gasteiger partial charge in [-0.1, -0.05) is 0 Å². The second-order valence-corrected chi connectivity index (χ2v) is 18.8. The predicted octanol–water partition coefficient (Wildman–Crippen LogP) is 6.39. The first-order valence-electron chi connectivity index (χ1n) is 21.0. The summed E-state index contributed by atoms with van der Waals surface area (Å²) in [6, 6.07) is 8.77. The minimum Gasteiger partial charge on any atom is -0.493 e. The number of thiophene rings is 2. The molecule has 19 heteroatoms. The van der Waals surface area contributed by atoms with Crippen LogP contribution in [-0.4, -0.2) is 112 Å². The second-order valence-electron chi connectivity index (χ2n) is 16.7. The number of rotatable bonds is 8. The highest BCUT2D eigenvalue weighted by Gasteiger charge is 2.45. The summed E-state index contributed by atoms with van der Waals surface area (Å²) in [7, 11) is 5.44. The maximum Gasteiger partial charge on any atom is 0.306 e. The first kappa shape index (κ1) is 39.4. The molecule has 0 spiro atoms. The molecule has 4 atom stereocenters. The molecule has 3 N–H and O–H groups in total. The van der Waals surface area contributed by atoms with Crippen molar-refractivity contribution in [2.75, 3.05) is 45.0 Å². The number of carbonyl (C=O) groups excluding carboxylic acids is 1. The zero-order valence-electron chi connectivity index (χ0n) is 34.8. The van der Waals surface area contributed by atoms with Gasteiger partial charge in [0.15, 0.2) is 11.5 Å². The van der Waals surface area contributed by atoms with E-state index >= 15 is 0 Å². The molecule has 17 nitrogen and oxygen atoms in total. The standard InChI is InChI=1S/C25H27N7O2S.C19H17N5O3S/c1-30-10-17-8-16(30)11-31(17)25(33)14-3-4-18-21(7-14)35-24-22(18)23(26-13-27-24)29-19-9-15-5-6-28-32(15)12-20(19)34-2;1-27-14-8-24-11(4-5-22-24)7-13(14)23-17-16-12-3-2-10(19(25)26)6-15(12)28-18(16)21-9-20-17/h5-6,9,12-14,16-17H,3-4,7-8,10-11H2,1-2H3,(H,26,27,29);4-5,7-10H,2-3,6H2,1H3,(H,25,26)(H,20,21,23)/t14-,16+,17+;10-/m00/s1. The van der Waals surface area contributed by atoms with Gasteiger partial charge in [-0.15, -0.1) is 22.7 Å². The van der Waals surface area contributed by atoms with Gasteiger partial charge in [-0.3, -0.25) is 14.5 Å². The zero-order valence-corrected chi connectivity index (χ0v) is 36.4. The number of nitrogens with one attached hydrogen (secondary N) is 2. The quantitative estimate of drug-likeness (QED) is 0.152. The van der Waals surface area contributed by atoms with Crippen LogP contribution in [0.2, 0.25) is 0 Å². The van der Waals surface area contributed by atoms with Gasteiger partial charge in [-0.25, -0.2) is 29.0 Å². The van der Waals surface area contributed by atoms with Gasteiger partial charge >= 0.3 is 5.97 Å². The molecular weight excluding hydrogens is 841 g/mol. The number of fused-ring (bicyclic) bond motifs is 10. The summed E-state index contributed by atoms with van der Waals surface area (Å²) in [5.74, 6) is 2.18. The molecule has 322 valence electrons. The van der Waals surface area contributed by atoms with Crippen molar-refractivity contribution >= 4 is 89.0 Å². The number of nitrogens with zero attached hydrogens (tertiary/aromatic N) is 10. The van der Waals surface area contributed by atoms with Crippen molar-refractivity contribution in [2.45, 2.75) is 57.0 Å². The van der Waals surface area contributed by atoms with Crippen molar-refractivity contribution in [1.29, 1.82) is 0 Å². The summed E-state index contributed by atoms with van der Waals surface area (Å²) < 4.78 is 14.7. The minimum absolute atomic E-state index is 0.0638. The third kappa shape index (κ3) is 6.94. The van der Waals surface area contributed by atoms with Crippen LogP contribution >= 0.6 is 22.7 Å². The molecule has 63 heavy (non-hydrogen) atoms. The van der Waals surface area contributed by atoms with Crippen molar-refractivity contribution in [2.24, 2.45) is 11.8 Å². The fourth-order valence-corrected chi connectivity index (χ4v) is 12.4. The van der Waals surface area contributed by atoms with Crippen LogP contribution in [0, 0.1) is 11.8 Å². The number of anilines is 4. The fraction of sp³-hybridized carbons (Fsp3) is 0.364. The normalized spacial score (nSPS) is 20.5. The number of carbonyl (C=O) groups is 2. The second kappa shape index (κ2) is 15.7. The molecule has 2 fully saturated rings. The smallest absolute Gasteiger partial charge is 0.306 e. The number of aliphatic carboxylic acids is 1. The molecule has 2 aliphatic heterocycles. The van der Waals surface area contributed by atoms with Crippen molar-refractivity contribution in [1.82, 2.24) is 49.0 Å². The van der Waals surface area contributed by atoms with Gasteiger partial charge in [0, 0.05) is 53.2 Å². The highest BCUT2D eigenvalue weighted by atomic mass is 32.1. The van der Waals surface area contributed by atoms with Crippen LogP contribution in [-0.2, 0) is 35.3 Å². The highest BCUT2D eigenvalue weighted by Crippen LogP contribution is 2.44. The third-order valence-electron chi connectivity index (χ3n) is 13.1. The lowest BCUT2D eigenvalue weighted by atomic mass is 9.86. The lowest BCUT2D eigenvalue weighted by Crippen LogP contribution is -2.49. The van der Waals surface area contributed by atoms with Crippen LogP contribution in [0.5, 0.6) is 11.5 Å². The number of hydrogen-bond acceptors (Lipinski definition) is 15. The number of ether oxygens (including phenoxy) is 2. The van der Waals surface area contributed by atoms with Gasteiger partial charge in [-0.2, -0.15) is 10.2 Å². The van der Waals surface area contributed by atoms with Crippen LogP contribution in [0.3, 0.4) is 0 Å². The van der Waals surface area contributed by atoms with Gasteiger partial charge in [0.05, 0.1) is 65.7 Å². The first-order chi connectivity index (χ1) is 30.7. The Kier molecular flexibility index (Phi) is 9.84. The average molecular weight is 885 g/mol. The van der Waals surface area contributed by atoms with Crippen LogP contribution in [0.15, 0.2) is 61.7 Å². The van der Waals surface area contributed by atoms with Crippen LogP contribution < -0.4 is 20.1 Å². The fourth-order valence-electron chi connectivity index (χ4n) is 9.87. The van der Waals surface area contributed by atoms with E-state index in [1.54, 1.807) is 64.6 Å². The Labute approximate surface area is 368 Å². The van der Waals surface area contributed by atoms with E-state index in [0.717, 1.165) is 97.9 Å². The molecular formula is C44H44N12O5S2. The van der Waals surface area contributed by atoms with Gasteiger partial charge < -0.3 is 30.1 Å². The number of methoxy groups -OCH3 is 2. The SMILES string of the molecule is COc1cn2nccc2cc1Nc1ncnc2sc3c(c12)CC[C@H](C(=O)N1C[C@H]2C[C@@H]1CN2C)C3.COc1cn2nccc2cc1Nc1ncnc2sc3c(c12)CC[C@H](C(=O)O)C3. The Bertz CT molecular complexity index is 3090. The number of carboxylic acid groups (broad SMARTS) is 1. The Morgan fingerprint density at radius 2 is 1.29 bits per heavy atom. The number of likely N-dealkylation sites (tertiary alicyclic amines) is 2. The van der Waals surface area contributed by atoms with E-state index in [-0.39, 0.29) is 11.8 Å². The van der Waals surface area contributed by atoms with E-state index in [1.165, 1.54) is 16.8 Å². The molecule has 8 aromatic heterocycles. The monoisotopic (exact) mass is 884 g/mol. The summed E-state index contributed by atoms with van der Waals surface area (Å²) >= 11 is 3.26. The molecule has 4 aliphatic rings. The number of amides is 1. The highest BCUT2D eigenvalue weighted by molar-refractivity contribution is 7.19. The number of aryl methyl sites for hydroxylation is 2. The summed E-state index contributed by atoms with van der Waals surface area (Å²) in [6.45, 7) is 1.90. The lowest BCUT2D eigenvalue weighted by molar-refractivity contribution is -0.142.